The lowest BCUT2D eigenvalue weighted by Crippen LogP contribution is -3.00. The Morgan fingerprint density at radius 1 is 0.914 bits per heavy atom. The summed E-state index contributed by atoms with van der Waals surface area (Å²) in [5, 5.41) is 4.57. The van der Waals surface area contributed by atoms with Gasteiger partial charge in [0.05, 0.1) is 32.7 Å². The highest BCUT2D eigenvalue weighted by atomic mass is 127. The van der Waals surface area contributed by atoms with Gasteiger partial charge in [-0.05, 0) is 49.2 Å². The van der Waals surface area contributed by atoms with Gasteiger partial charge in [-0.3, -0.25) is 4.79 Å². The molecular weight excluding hydrogens is 594 g/mol. The number of piperidine rings is 1. The Labute approximate surface area is 236 Å². The average Bonchev–Trinajstić information content (AvgIpc) is 3.08. The number of nitrogens with one attached hydrogen (secondary N) is 1. The molecule has 2 aromatic carbocycles. The molecule has 1 N–H and O–H groups in total. The van der Waals surface area contributed by atoms with E-state index in [0.29, 0.717) is 10.0 Å². The summed E-state index contributed by atoms with van der Waals surface area (Å²) >= 11 is 12.6. The Morgan fingerprint density at radius 3 is 2.00 bits per heavy atom. The number of carbonyl (C=O) groups excluding carboxylic acids is 1. The van der Waals surface area contributed by atoms with Gasteiger partial charge in [0.15, 0.2) is 0 Å². The van der Waals surface area contributed by atoms with E-state index >= 15 is 0 Å². The highest BCUT2D eigenvalue weighted by Crippen LogP contribution is 2.45. The molecule has 0 atom stereocenters. The van der Waals surface area contributed by atoms with Crippen LogP contribution in [0.4, 0.5) is 0 Å². The molecule has 190 valence electrons. The van der Waals surface area contributed by atoms with Gasteiger partial charge < -0.3 is 38.5 Å². The number of fused-ring (bicyclic) bond motifs is 2. The van der Waals surface area contributed by atoms with Gasteiger partial charge in [-0.2, -0.15) is 0 Å². The predicted octanol–water partition coefficient (Wildman–Crippen LogP) is 4.14. The minimum Gasteiger partial charge on any atom is -1.00 e. The first-order valence-corrected chi connectivity index (χ1v) is 13.6. The van der Waals surface area contributed by atoms with Crippen molar-refractivity contribution in [3.8, 4) is 11.5 Å². The van der Waals surface area contributed by atoms with Crippen molar-refractivity contribution in [1.82, 2.24) is 5.32 Å². The molecule has 1 amide bonds. The fourth-order valence-electron chi connectivity index (χ4n) is 6.18. The summed E-state index contributed by atoms with van der Waals surface area (Å²) in [4.78, 5) is 13.5. The zero-order chi connectivity index (χ0) is 23.7. The topological polar surface area (TPSA) is 38.3 Å². The van der Waals surface area contributed by atoms with E-state index in [1.165, 1.54) is 45.1 Å². The zero-order valence-electron chi connectivity index (χ0n) is 20.4. The zero-order valence-corrected chi connectivity index (χ0v) is 24.0. The van der Waals surface area contributed by atoms with Crippen molar-refractivity contribution in [1.29, 1.82) is 0 Å². The van der Waals surface area contributed by atoms with Crippen molar-refractivity contribution in [2.24, 2.45) is 11.8 Å². The quantitative estimate of drug-likeness (QED) is 0.314. The number of rotatable bonds is 4. The van der Waals surface area contributed by atoms with Crippen molar-refractivity contribution in [3.05, 3.63) is 57.6 Å². The highest BCUT2D eigenvalue weighted by molar-refractivity contribution is 6.31. The van der Waals surface area contributed by atoms with Gasteiger partial charge >= 0.3 is 0 Å². The maximum absolute atomic E-state index is 13.5. The van der Waals surface area contributed by atoms with Crippen LogP contribution >= 0.6 is 23.2 Å². The first-order chi connectivity index (χ1) is 16.4. The van der Waals surface area contributed by atoms with Crippen LogP contribution in [0.3, 0.4) is 0 Å². The Bertz CT molecular complexity index is 996. The Hall–Kier alpha value is -1.02. The maximum Gasteiger partial charge on any atom is 0.224 e. The summed E-state index contributed by atoms with van der Waals surface area (Å²) in [5.41, 5.74) is 1.75. The number of ether oxygens (including phenoxy) is 1. The molecule has 0 bridgehead atoms. The van der Waals surface area contributed by atoms with Crippen LogP contribution in [0, 0.1) is 11.8 Å². The van der Waals surface area contributed by atoms with E-state index in [0.717, 1.165) is 59.0 Å². The first-order valence-electron chi connectivity index (χ1n) is 12.8. The largest absolute Gasteiger partial charge is 1.00 e. The molecule has 2 heterocycles. The number of hydrogen-bond acceptors (Lipinski definition) is 2. The molecule has 7 heteroatoms. The molecule has 1 aliphatic carbocycles. The van der Waals surface area contributed by atoms with E-state index < -0.39 is 0 Å². The van der Waals surface area contributed by atoms with Crippen molar-refractivity contribution in [3.63, 3.8) is 0 Å². The minimum atomic E-state index is -0.322. The monoisotopic (exact) mass is 628 g/mol. The smallest absolute Gasteiger partial charge is 0.224 e. The third-order valence-corrected chi connectivity index (χ3v) is 8.62. The van der Waals surface area contributed by atoms with Gasteiger partial charge in [0.2, 0.25) is 5.91 Å². The molecule has 1 saturated carbocycles. The average molecular weight is 629 g/mol. The molecule has 0 aromatic heterocycles. The third kappa shape index (κ3) is 6.28. The van der Waals surface area contributed by atoms with Crippen molar-refractivity contribution >= 4 is 29.1 Å². The lowest BCUT2D eigenvalue weighted by atomic mass is 9.90. The molecular formula is C28H35Cl2IN2O2. The van der Waals surface area contributed by atoms with Crippen LogP contribution in [0.5, 0.6) is 11.5 Å². The van der Waals surface area contributed by atoms with E-state index in [1.54, 1.807) is 0 Å². The van der Waals surface area contributed by atoms with Crippen LogP contribution in [-0.2, 0) is 4.79 Å². The normalized spacial score (nSPS) is 24.8. The number of benzene rings is 2. The van der Waals surface area contributed by atoms with Crippen LogP contribution in [0.1, 0.15) is 68.5 Å². The van der Waals surface area contributed by atoms with Crippen molar-refractivity contribution < 1.29 is 38.0 Å². The Balaban J connectivity index is 0.00000289. The fraction of sp³-hybridized carbons (Fsp3) is 0.536. The Morgan fingerprint density at radius 2 is 1.46 bits per heavy atom. The minimum absolute atomic E-state index is 0. The highest BCUT2D eigenvalue weighted by Gasteiger charge is 2.37. The molecule has 2 aromatic rings. The van der Waals surface area contributed by atoms with E-state index in [-0.39, 0.29) is 41.8 Å². The van der Waals surface area contributed by atoms with Gasteiger partial charge in [0.1, 0.15) is 11.5 Å². The lowest BCUT2D eigenvalue weighted by molar-refractivity contribution is -0.918. The number of carbonyl (C=O) groups is 1. The van der Waals surface area contributed by atoms with Gasteiger partial charge in [0.25, 0.3) is 0 Å². The van der Waals surface area contributed by atoms with Crippen LogP contribution in [0.15, 0.2) is 36.4 Å². The van der Waals surface area contributed by atoms with Crippen molar-refractivity contribution in [2.75, 3.05) is 26.7 Å². The summed E-state index contributed by atoms with van der Waals surface area (Å²) in [7, 11) is 2.40. The molecule has 5 rings (SSSR count). The predicted molar refractivity (Wildman–Crippen MR) is 138 cm³/mol. The molecule has 1 saturated heterocycles. The van der Waals surface area contributed by atoms with Crippen LogP contribution in [0.2, 0.25) is 10.0 Å². The number of quaternary nitrogens is 1. The maximum atomic E-state index is 13.5. The molecule has 0 spiro atoms. The van der Waals surface area contributed by atoms with E-state index in [1.807, 2.05) is 36.4 Å². The van der Waals surface area contributed by atoms with Crippen molar-refractivity contribution in [2.45, 2.75) is 57.4 Å². The second kappa shape index (κ2) is 11.6. The van der Waals surface area contributed by atoms with Crippen LogP contribution < -0.4 is 34.0 Å². The standard InChI is InChI=1S/C28H34Cl2N2O2.HI/c1-32(18-19-6-4-2-3-5-7-19)14-12-20(13-15-32)28(33)31-27-23-16-21(29)8-10-25(23)34-26-11-9-22(30)17-24(26)27;/h8-11,16-17,19-20,27H,2-7,12-15,18H2,1H3;1H. The molecule has 35 heavy (non-hydrogen) atoms. The molecule has 4 nitrogen and oxygen atoms in total. The summed E-state index contributed by atoms with van der Waals surface area (Å²) in [6.07, 6.45) is 10.2. The second-order valence-corrected chi connectivity index (χ2v) is 11.7. The SMILES string of the molecule is C[N+]1(CC2CCCCCC2)CCC(C(=O)NC2c3cc(Cl)ccc3Oc3ccc(Cl)cc32)CC1.[I-]. The number of nitrogens with zero attached hydrogens (tertiary/aromatic N) is 1. The lowest BCUT2D eigenvalue weighted by Gasteiger charge is -2.42. The van der Waals surface area contributed by atoms with Gasteiger partial charge in [0, 0.05) is 45.8 Å². The number of hydrogen-bond donors (Lipinski definition) is 1. The summed E-state index contributed by atoms with van der Waals surface area (Å²) < 4.78 is 7.20. The molecule has 2 fully saturated rings. The Kier molecular flexibility index (Phi) is 8.94. The number of likely N-dealkylation sites (tertiary alicyclic amines) is 1. The van der Waals surface area contributed by atoms with E-state index in [9.17, 15) is 4.79 Å². The second-order valence-electron chi connectivity index (χ2n) is 10.8. The summed E-state index contributed by atoms with van der Waals surface area (Å²) in [6.45, 7) is 3.42. The molecule has 3 aliphatic rings. The van der Waals surface area contributed by atoms with E-state index in [4.69, 9.17) is 27.9 Å². The van der Waals surface area contributed by atoms with Gasteiger partial charge in [-0.1, -0.05) is 48.9 Å². The van der Waals surface area contributed by atoms with Gasteiger partial charge in [-0.15, -0.1) is 0 Å². The molecule has 2 aliphatic heterocycles. The summed E-state index contributed by atoms with van der Waals surface area (Å²) in [5.74, 6) is 2.45. The molecule has 0 unspecified atom stereocenters. The van der Waals surface area contributed by atoms with Crippen LogP contribution in [0.25, 0.3) is 0 Å². The summed E-state index contributed by atoms with van der Waals surface area (Å²) in [6, 6.07) is 10.8. The van der Waals surface area contributed by atoms with Crippen LogP contribution in [-0.4, -0.2) is 37.1 Å². The number of amides is 1. The third-order valence-electron chi connectivity index (χ3n) is 8.15. The van der Waals surface area contributed by atoms with Gasteiger partial charge in [-0.25, -0.2) is 0 Å². The first kappa shape index (κ1) is 27.0. The number of halogens is 3. The fourth-order valence-corrected chi connectivity index (χ4v) is 6.54. The molecule has 0 radical (unpaired) electrons. The van der Waals surface area contributed by atoms with E-state index in [2.05, 4.69) is 12.4 Å².